The SMILES string of the molecule is O=S(=O)(NCC1CC2(C1)CC2(F)F)c1ccc(N2CCC(CCN3CCOCC3)CC2)c(Cl)c1. The summed E-state index contributed by atoms with van der Waals surface area (Å²) in [5.74, 6) is -1.88. The van der Waals surface area contributed by atoms with Crippen molar-refractivity contribution in [2.45, 2.75) is 49.3 Å². The van der Waals surface area contributed by atoms with Crippen LogP contribution in [0.15, 0.2) is 23.1 Å². The fourth-order valence-electron chi connectivity index (χ4n) is 5.89. The fraction of sp³-hybridized carbons (Fsp3) is 0.750. The third-order valence-electron chi connectivity index (χ3n) is 8.27. The minimum Gasteiger partial charge on any atom is -0.379 e. The Morgan fingerprint density at radius 2 is 1.76 bits per heavy atom. The maximum Gasteiger partial charge on any atom is 0.254 e. The lowest BCUT2D eigenvalue weighted by atomic mass is 9.71. The van der Waals surface area contributed by atoms with Crippen LogP contribution in [0.5, 0.6) is 0 Å². The molecular formula is C24H34ClF2N3O3S. The molecule has 0 radical (unpaired) electrons. The molecule has 190 valence electrons. The van der Waals surface area contributed by atoms with Gasteiger partial charge in [-0.15, -0.1) is 0 Å². The van der Waals surface area contributed by atoms with Crippen LogP contribution in [0.4, 0.5) is 14.5 Å². The van der Waals surface area contributed by atoms with E-state index in [1.54, 1.807) is 12.1 Å². The first-order chi connectivity index (χ1) is 16.2. The summed E-state index contributed by atoms with van der Waals surface area (Å²) in [5, 5.41) is 0.426. The fourth-order valence-corrected chi connectivity index (χ4v) is 7.39. The predicted octanol–water partition coefficient (Wildman–Crippen LogP) is 3.99. The van der Waals surface area contributed by atoms with Gasteiger partial charge in [0.05, 0.1) is 28.8 Å². The van der Waals surface area contributed by atoms with Crippen molar-refractivity contribution < 1.29 is 21.9 Å². The molecule has 4 fully saturated rings. The third kappa shape index (κ3) is 5.09. The van der Waals surface area contributed by atoms with E-state index in [2.05, 4.69) is 14.5 Å². The number of sulfonamides is 1. The number of piperidine rings is 1. The first-order valence-corrected chi connectivity index (χ1v) is 14.3. The van der Waals surface area contributed by atoms with Gasteiger partial charge < -0.3 is 9.64 Å². The number of morpholine rings is 1. The molecule has 0 bridgehead atoms. The quantitative estimate of drug-likeness (QED) is 0.565. The number of hydrogen-bond acceptors (Lipinski definition) is 5. The highest BCUT2D eigenvalue weighted by Crippen LogP contribution is 2.72. The summed E-state index contributed by atoms with van der Waals surface area (Å²) in [6.07, 6.45) is 4.14. The number of rotatable bonds is 8. The summed E-state index contributed by atoms with van der Waals surface area (Å²) in [4.78, 5) is 4.83. The second kappa shape index (κ2) is 9.47. The zero-order valence-corrected chi connectivity index (χ0v) is 21.0. The lowest BCUT2D eigenvalue weighted by molar-refractivity contribution is 0.00345. The van der Waals surface area contributed by atoms with E-state index in [-0.39, 0.29) is 23.8 Å². The van der Waals surface area contributed by atoms with Gasteiger partial charge in [-0.3, -0.25) is 4.90 Å². The minimum atomic E-state index is -3.73. The van der Waals surface area contributed by atoms with Crippen LogP contribution in [0.3, 0.4) is 0 Å². The number of nitrogens with one attached hydrogen (secondary N) is 1. The van der Waals surface area contributed by atoms with Crippen LogP contribution in [-0.2, 0) is 14.8 Å². The van der Waals surface area contributed by atoms with Gasteiger partial charge in [0.1, 0.15) is 0 Å². The highest BCUT2D eigenvalue weighted by molar-refractivity contribution is 7.89. The van der Waals surface area contributed by atoms with Gasteiger partial charge in [0.15, 0.2) is 0 Å². The molecular weight excluding hydrogens is 484 g/mol. The Bertz CT molecular complexity index is 989. The summed E-state index contributed by atoms with van der Waals surface area (Å²) < 4.78 is 60.2. The molecule has 1 spiro atoms. The monoisotopic (exact) mass is 517 g/mol. The predicted molar refractivity (Wildman–Crippen MR) is 128 cm³/mol. The summed E-state index contributed by atoms with van der Waals surface area (Å²) in [7, 11) is -3.73. The third-order valence-corrected chi connectivity index (χ3v) is 10.00. The molecule has 0 amide bonds. The number of hydrogen-bond donors (Lipinski definition) is 1. The Labute approximate surface area is 206 Å². The van der Waals surface area contributed by atoms with Gasteiger partial charge in [-0.05, 0) is 68.7 Å². The lowest BCUT2D eigenvalue weighted by Crippen LogP contribution is -2.39. The Kier molecular flexibility index (Phi) is 6.87. The smallest absolute Gasteiger partial charge is 0.254 e. The second-order valence-corrected chi connectivity index (χ2v) is 12.7. The number of nitrogens with zero attached hydrogens (tertiary/aromatic N) is 2. The van der Waals surface area contributed by atoms with Crippen LogP contribution in [0.25, 0.3) is 0 Å². The molecule has 0 unspecified atom stereocenters. The van der Waals surface area contributed by atoms with E-state index in [1.807, 2.05) is 0 Å². The van der Waals surface area contributed by atoms with Crippen LogP contribution >= 0.6 is 11.6 Å². The summed E-state index contributed by atoms with van der Waals surface area (Å²) in [6, 6.07) is 4.88. The molecule has 2 saturated carbocycles. The molecule has 0 aromatic heterocycles. The van der Waals surface area contributed by atoms with Crippen molar-refractivity contribution in [3.05, 3.63) is 23.2 Å². The number of benzene rings is 1. The van der Waals surface area contributed by atoms with Gasteiger partial charge in [-0.1, -0.05) is 11.6 Å². The Balaban J connectivity index is 1.10. The number of anilines is 1. The highest BCUT2D eigenvalue weighted by atomic mass is 35.5. The lowest BCUT2D eigenvalue weighted by Gasteiger charge is -2.36. The largest absolute Gasteiger partial charge is 0.379 e. The van der Waals surface area contributed by atoms with E-state index in [9.17, 15) is 17.2 Å². The minimum absolute atomic E-state index is 0.0255. The van der Waals surface area contributed by atoms with Crippen molar-refractivity contribution in [3.63, 3.8) is 0 Å². The van der Waals surface area contributed by atoms with Crippen LogP contribution in [-0.4, -0.2) is 71.7 Å². The zero-order chi connectivity index (χ0) is 24.0. The summed E-state index contributed by atoms with van der Waals surface area (Å²) >= 11 is 6.51. The van der Waals surface area contributed by atoms with E-state index in [0.29, 0.717) is 23.8 Å². The zero-order valence-electron chi connectivity index (χ0n) is 19.4. The van der Waals surface area contributed by atoms with E-state index in [4.69, 9.17) is 16.3 Å². The average Bonchev–Trinajstić information content (AvgIpc) is 3.39. The normalized spacial score (nSPS) is 29.9. The Hall–Kier alpha value is -1.00. The molecule has 4 aliphatic rings. The van der Waals surface area contributed by atoms with Crippen LogP contribution in [0.1, 0.15) is 38.5 Å². The van der Waals surface area contributed by atoms with Gasteiger partial charge in [-0.25, -0.2) is 21.9 Å². The molecule has 5 rings (SSSR count). The number of alkyl halides is 2. The molecule has 1 N–H and O–H groups in total. The molecule has 1 aromatic carbocycles. The second-order valence-electron chi connectivity index (χ2n) is 10.6. The van der Waals surface area contributed by atoms with Gasteiger partial charge in [-0.2, -0.15) is 0 Å². The highest BCUT2D eigenvalue weighted by Gasteiger charge is 2.75. The van der Waals surface area contributed by atoms with Crippen LogP contribution in [0, 0.1) is 17.3 Å². The molecule has 2 saturated heterocycles. The summed E-state index contributed by atoms with van der Waals surface area (Å²) in [5.41, 5.74) is 0.0217. The standard InChI is InChI=1S/C24H34ClF2N3O3S/c25-21-13-20(34(31,32)28-16-19-14-23(15-19)17-24(23,26)27)1-2-22(21)30-7-4-18(5-8-30)3-6-29-9-11-33-12-10-29/h1-2,13,18-19,28H,3-12,14-17H2. The van der Waals surface area contributed by atoms with E-state index < -0.39 is 21.4 Å². The van der Waals surface area contributed by atoms with E-state index >= 15 is 0 Å². The van der Waals surface area contributed by atoms with Crippen molar-refractivity contribution in [3.8, 4) is 0 Å². The Morgan fingerprint density at radius 1 is 1.09 bits per heavy atom. The summed E-state index contributed by atoms with van der Waals surface area (Å²) in [6.45, 7) is 6.84. The topological polar surface area (TPSA) is 61.9 Å². The van der Waals surface area contributed by atoms with Crippen LogP contribution < -0.4 is 9.62 Å². The Morgan fingerprint density at radius 3 is 2.38 bits per heavy atom. The van der Waals surface area contributed by atoms with Gasteiger partial charge >= 0.3 is 0 Å². The molecule has 10 heteroatoms. The molecule has 1 aromatic rings. The maximum absolute atomic E-state index is 13.4. The molecule has 34 heavy (non-hydrogen) atoms. The van der Waals surface area contributed by atoms with Crippen molar-refractivity contribution in [2.75, 3.05) is 57.4 Å². The molecule has 2 aliphatic carbocycles. The number of ether oxygens (including phenoxy) is 1. The first kappa shape index (κ1) is 24.7. The molecule has 2 aliphatic heterocycles. The molecule has 2 heterocycles. The number of halogens is 3. The molecule has 6 nitrogen and oxygen atoms in total. The van der Waals surface area contributed by atoms with Crippen LogP contribution in [0.2, 0.25) is 5.02 Å². The van der Waals surface area contributed by atoms with Gasteiger partial charge in [0, 0.05) is 44.6 Å². The van der Waals surface area contributed by atoms with E-state index in [0.717, 1.165) is 64.5 Å². The van der Waals surface area contributed by atoms with Crippen molar-refractivity contribution >= 4 is 27.3 Å². The van der Waals surface area contributed by atoms with E-state index in [1.165, 1.54) is 12.5 Å². The van der Waals surface area contributed by atoms with Crippen molar-refractivity contribution in [1.82, 2.24) is 9.62 Å². The van der Waals surface area contributed by atoms with Gasteiger partial charge in [0.25, 0.3) is 5.92 Å². The van der Waals surface area contributed by atoms with Crippen molar-refractivity contribution in [2.24, 2.45) is 17.3 Å². The average molecular weight is 518 g/mol. The molecule has 0 atom stereocenters. The first-order valence-electron chi connectivity index (χ1n) is 12.4. The van der Waals surface area contributed by atoms with Crippen molar-refractivity contribution in [1.29, 1.82) is 0 Å². The van der Waals surface area contributed by atoms with Gasteiger partial charge in [0.2, 0.25) is 10.0 Å². The maximum atomic E-state index is 13.4.